The van der Waals surface area contributed by atoms with Gasteiger partial charge in [0.15, 0.2) is 5.65 Å². The van der Waals surface area contributed by atoms with Crippen LogP contribution < -0.4 is 0 Å². The summed E-state index contributed by atoms with van der Waals surface area (Å²) in [5, 5.41) is 3.80. The number of carbonyl (C=O) groups is 1. The molecule has 19 heavy (non-hydrogen) atoms. The minimum absolute atomic E-state index is 0.466. The average Bonchev–Trinajstić information content (AvgIpc) is 2.83. The highest BCUT2D eigenvalue weighted by molar-refractivity contribution is 6.67. The number of aromatic nitrogens is 3. The van der Waals surface area contributed by atoms with Crippen LogP contribution in [0.3, 0.4) is 0 Å². The molecule has 0 bridgehead atoms. The van der Waals surface area contributed by atoms with Crippen molar-refractivity contribution in [2.75, 3.05) is 0 Å². The largest absolute Gasteiger partial charge is 0.276 e. The Labute approximate surface area is 114 Å². The molecule has 94 valence electrons. The van der Waals surface area contributed by atoms with Crippen LogP contribution in [0.5, 0.6) is 0 Å². The Balaban J connectivity index is 2.26. The second-order valence-corrected chi connectivity index (χ2v) is 4.58. The molecule has 0 radical (unpaired) electrons. The molecule has 3 aromatic rings. The molecule has 0 aliphatic carbocycles. The first kappa shape index (κ1) is 11.9. The molecule has 0 saturated carbocycles. The molecule has 0 atom stereocenters. The molecule has 0 amide bonds. The molecule has 0 saturated heterocycles. The Morgan fingerprint density at radius 2 is 2.16 bits per heavy atom. The van der Waals surface area contributed by atoms with E-state index in [1.807, 2.05) is 25.1 Å². The van der Waals surface area contributed by atoms with Gasteiger partial charge >= 0.3 is 0 Å². The molecule has 1 aromatic carbocycles. The predicted molar refractivity (Wildman–Crippen MR) is 73.3 cm³/mol. The van der Waals surface area contributed by atoms with Gasteiger partial charge in [0.25, 0.3) is 5.24 Å². The first-order valence-corrected chi connectivity index (χ1v) is 6.14. The van der Waals surface area contributed by atoms with Crippen LogP contribution in [-0.2, 0) is 0 Å². The van der Waals surface area contributed by atoms with Crippen LogP contribution >= 0.6 is 11.6 Å². The zero-order valence-corrected chi connectivity index (χ0v) is 10.9. The number of fused-ring (bicyclic) bond motifs is 1. The summed E-state index contributed by atoms with van der Waals surface area (Å²) in [5.41, 5.74) is 4.01. The van der Waals surface area contributed by atoms with Gasteiger partial charge in [-0.2, -0.15) is 5.10 Å². The molecule has 3 rings (SSSR count). The monoisotopic (exact) mass is 271 g/mol. The van der Waals surface area contributed by atoms with Crippen molar-refractivity contribution >= 4 is 22.5 Å². The topological polar surface area (TPSA) is 47.3 Å². The standard InChI is InChI=1S/C14H10ClN3O/c1-9-4-5-10(14(15)19)7-11(9)12-8-16-13-3-2-6-17-18(12)13/h2-8H,1H3. The molecule has 2 heterocycles. The number of nitrogens with zero attached hydrogens (tertiary/aromatic N) is 3. The van der Waals surface area contributed by atoms with Crippen molar-refractivity contribution in [2.45, 2.75) is 6.92 Å². The molecule has 0 N–H and O–H groups in total. The smallest absolute Gasteiger partial charge is 0.252 e. The number of hydrogen-bond donors (Lipinski definition) is 0. The van der Waals surface area contributed by atoms with Crippen LogP contribution in [0.4, 0.5) is 0 Å². The van der Waals surface area contributed by atoms with Crippen molar-refractivity contribution in [3.8, 4) is 11.3 Å². The second-order valence-electron chi connectivity index (χ2n) is 4.24. The summed E-state index contributed by atoms with van der Waals surface area (Å²) >= 11 is 5.53. The Hall–Kier alpha value is -2.20. The number of rotatable bonds is 2. The van der Waals surface area contributed by atoms with E-state index in [-0.39, 0.29) is 0 Å². The maximum absolute atomic E-state index is 11.3. The lowest BCUT2D eigenvalue weighted by Crippen LogP contribution is -1.96. The molecular weight excluding hydrogens is 262 g/mol. The van der Waals surface area contributed by atoms with Gasteiger partial charge in [0.05, 0.1) is 11.9 Å². The third kappa shape index (κ3) is 2.00. The van der Waals surface area contributed by atoms with Gasteiger partial charge in [0.2, 0.25) is 0 Å². The van der Waals surface area contributed by atoms with Gasteiger partial charge < -0.3 is 0 Å². The molecule has 0 fully saturated rings. The third-order valence-electron chi connectivity index (χ3n) is 3.02. The van der Waals surface area contributed by atoms with Crippen molar-refractivity contribution in [1.29, 1.82) is 0 Å². The molecule has 0 spiro atoms. The van der Waals surface area contributed by atoms with E-state index in [9.17, 15) is 4.79 Å². The van der Waals surface area contributed by atoms with Gasteiger partial charge in [-0.25, -0.2) is 9.50 Å². The van der Waals surface area contributed by atoms with Gasteiger partial charge in [-0.1, -0.05) is 6.07 Å². The summed E-state index contributed by atoms with van der Waals surface area (Å²) in [6, 6.07) is 9.06. The van der Waals surface area contributed by atoms with Gasteiger partial charge in [0.1, 0.15) is 0 Å². The lowest BCUT2D eigenvalue weighted by molar-refractivity contribution is 0.108. The Morgan fingerprint density at radius 1 is 1.32 bits per heavy atom. The van der Waals surface area contributed by atoms with Crippen molar-refractivity contribution in [2.24, 2.45) is 0 Å². The van der Waals surface area contributed by atoms with E-state index in [1.165, 1.54) is 0 Å². The highest BCUT2D eigenvalue weighted by Crippen LogP contribution is 2.25. The van der Waals surface area contributed by atoms with Gasteiger partial charge in [-0.05, 0) is 48.4 Å². The van der Waals surface area contributed by atoms with Gasteiger partial charge in [-0.3, -0.25) is 4.79 Å². The Morgan fingerprint density at radius 3 is 2.95 bits per heavy atom. The molecule has 0 aliphatic rings. The van der Waals surface area contributed by atoms with E-state index < -0.39 is 5.24 Å². The number of carbonyl (C=O) groups excluding carboxylic acids is 1. The van der Waals surface area contributed by atoms with Crippen LogP contribution in [0.2, 0.25) is 0 Å². The molecule has 0 aliphatic heterocycles. The van der Waals surface area contributed by atoms with Crippen LogP contribution in [0.25, 0.3) is 16.9 Å². The number of imidazole rings is 1. The Bertz CT molecular complexity index is 779. The zero-order valence-electron chi connectivity index (χ0n) is 10.2. The maximum Gasteiger partial charge on any atom is 0.252 e. The minimum atomic E-state index is -0.469. The molecule has 0 unspecified atom stereocenters. The highest BCUT2D eigenvalue weighted by Gasteiger charge is 2.11. The number of halogens is 1. The fourth-order valence-electron chi connectivity index (χ4n) is 2.03. The van der Waals surface area contributed by atoms with E-state index in [4.69, 9.17) is 11.6 Å². The van der Waals surface area contributed by atoms with Crippen molar-refractivity contribution in [3.63, 3.8) is 0 Å². The lowest BCUT2D eigenvalue weighted by atomic mass is 10.0. The summed E-state index contributed by atoms with van der Waals surface area (Å²) in [6.45, 7) is 1.97. The van der Waals surface area contributed by atoms with Gasteiger partial charge in [0, 0.05) is 17.3 Å². The van der Waals surface area contributed by atoms with E-state index >= 15 is 0 Å². The van der Waals surface area contributed by atoms with Crippen molar-refractivity contribution in [1.82, 2.24) is 14.6 Å². The van der Waals surface area contributed by atoms with Crippen LogP contribution in [0.1, 0.15) is 15.9 Å². The van der Waals surface area contributed by atoms with Crippen LogP contribution in [0, 0.1) is 6.92 Å². The predicted octanol–water partition coefficient (Wildman–Crippen LogP) is 3.08. The summed E-state index contributed by atoms with van der Waals surface area (Å²) in [6.07, 6.45) is 3.44. The average molecular weight is 272 g/mol. The zero-order chi connectivity index (χ0) is 13.4. The van der Waals surface area contributed by atoms with E-state index in [0.717, 1.165) is 22.5 Å². The molecular formula is C14H10ClN3O. The fourth-order valence-corrected chi connectivity index (χ4v) is 2.15. The summed E-state index contributed by atoms with van der Waals surface area (Å²) in [5.74, 6) is 0. The number of hydrogen-bond acceptors (Lipinski definition) is 3. The molecule has 5 heteroatoms. The summed E-state index contributed by atoms with van der Waals surface area (Å²) < 4.78 is 1.74. The SMILES string of the molecule is Cc1ccc(C(=O)Cl)cc1-c1cnc2cccnn12. The van der Waals surface area contributed by atoms with Crippen molar-refractivity contribution < 1.29 is 4.79 Å². The van der Waals surface area contributed by atoms with E-state index in [0.29, 0.717) is 5.56 Å². The summed E-state index contributed by atoms with van der Waals surface area (Å²) in [7, 11) is 0. The quantitative estimate of drug-likeness (QED) is 0.673. The third-order valence-corrected chi connectivity index (χ3v) is 3.24. The number of aryl methyl sites for hydroxylation is 1. The van der Waals surface area contributed by atoms with Gasteiger partial charge in [-0.15, -0.1) is 0 Å². The van der Waals surface area contributed by atoms with Crippen molar-refractivity contribution in [3.05, 3.63) is 53.9 Å². The van der Waals surface area contributed by atoms with Crippen LogP contribution in [0.15, 0.2) is 42.7 Å². The summed E-state index contributed by atoms with van der Waals surface area (Å²) in [4.78, 5) is 15.6. The molecule has 4 nitrogen and oxygen atoms in total. The molecule has 2 aromatic heterocycles. The number of benzene rings is 1. The Kier molecular flexibility index (Phi) is 2.80. The minimum Gasteiger partial charge on any atom is -0.276 e. The second kappa shape index (κ2) is 4.48. The normalized spacial score (nSPS) is 10.8. The maximum atomic E-state index is 11.3. The van der Waals surface area contributed by atoms with E-state index in [1.54, 1.807) is 29.0 Å². The lowest BCUT2D eigenvalue weighted by Gasteiger charge is -2.06. The van der Waals surface area contributed by atoms with E-state index in [2.05, 4.69) is 10.1 Å². The first-order chi connectivity index (χ1) is 9.16. The fraction of sp³-hybridized carbons (Fsp3) is 0.0714. The van der Waals surface area contributed by atoms with Crippen LogP contribution in [-0.4, -0.2) is 19.8 Å². The highest BCUT2D eigenvalue weighted by atomic mass is 35.5. The first-order valence-electron chi connectivity index (χ1n) is 5.76.